The monoisotopic (exact) mass is 234 g/mol. The van der Waals surface area contributed by atoms with E-state index in [-0.39, 0.29) is 6.79 Å². The number of hydrogen-bond acceptors (Lipinski definition) is 3. The maximum atomic E-state index is 10.0. The molecule has 17 heavy (non-hydrogen) atoms. The number of hydrogen-bond donors (Lipinski definition) is 0. The van der Waals surface area contributed by atoms with Gasteiger partial charge in [-0.05, 0) is 24.5 Å². The van der Waals surface area contributed by atoms with Crippen LogP contribution in [0.1, 0.15) is 24.8 Å². The van der Waals surface area contributed by atoms with Crippen LogP contribution in [0.5, 0.6) is 0 Å². The highest BCUT2D eigenvalue weighted by Crippen LogP contribution is 2.00. The highest BCUT2D eigenvalue weighted by Gasteiger charge is 1.90. The molecule has 0 amide bonds. The lowest BCUT2D eigenvalue weighted by molar-refractivity contribution is -0.107. The molecule has 0 spiro atoms. The van der Waals surface area contributed by atoms with Gasteiger partial charge >= 0.3 is 0 Å². The zero-order valence-corrected chi connectivity index (χ0v) is 9.88. The van der Waals surface area contributed by atoms with Crippen LogP contribution in [0.3, 0.4) is 0 Å². The van der Waals surface area contributed by atoms with E-state index in [4.69, 9.17) is 9.47 Å². The largest absolute Gasteiger partial charge is 0.475 e. The molecule has 3 nitrogen and oxygen atoms in total. The number of carbonyl (C=O) groups is 1. The minimum atomic E-state index is 0.249. The van der Waals surface area contributed by atoms with Crippen LogP contribution < -0.4 is 0 Å². The van der Waals surface area contributed by atoms with Crippen LogP contribution >= 0.6 is 0 Å². The molecule has 0 heterocycles. The molecule has 0 atom stereocenters. The Morgan fingerprint density at radius 3 is 2.71 bits per heavy atom. The van der Waals surface area contributed by atoms with E-state index >= 15 is 0 Å². The van der Waals surface area contributed by atoms with Crippen molar-refractivity contribution in [2.45, 2.75) is 25.9 Å². The van der Waals surface area contributed by atoms with Gasteiger partial charge in [-0.3, -0.25) is 0 Å². The topological polar surface area (TPSA) is 35.5 Å². The van der Waals surface area contributed by atoms with E-state index < -0.39 is 0 Å². The molecule has 0 saturated heterocycles. The van der Waals surface area contributed by atoms with Crippen molar-refractivity contribution in [2.24, 2.45) is 0 Å². The van der Waals surface area contributed by atoms with Gasteiger partial charge in [-0.2, -0.15) is 0 Å². The summed E-state index contributed by atoms with van der Waals surface area (Å²) in [7, 11) is 0. The fourth-order valence-corrected chi connectivity index (χ4v) is 1.28. The average Bonchev–Trinajstić information content (AvgIpc) is 2.38. The molecule has 0 aliphatic heterocycles. The van der Waals surface area contributed by atoms with Gasteiger partial charge in [0.25, 0.3) is 0 Å². The third kappa shape index (κ3) is 7.30. The van der Waals surface area contributed by atoms with Gasteiger partial charge in [0.2, 0.25) is 0 Å². The maximum Gasteiger partial charge on any atom is 0.188 e. The second kappa shape index (κ2) is 9.60. The summed E-state index contributed by atoms with van der Waals surface area (Å²) < 4.78 is 10.5. The number of ether oxygens (including phenoxy) is 2. The summed E-state index contributed by atoms with van der Waals surface area (Å²) in [5, 5.41) is 0. The van der Waals surface area contributed by atoms with Crippen molar-refractivity contribution in [2.75, 3.05) is 6.79 Å². The van der Waals surface area contributed by atoms with Crippen molar-refractivity contribution in [3.05, 3.63) is 48.2 Å². The zero-order valence-electron chi connectivity index (χ0n) is 9.88. The number of allylic oxidation sites excluding steroid dienone is 1. The molecule has 1 rings (SSSR count). The van der Waals surface area contributed by atoms with Crippen molar-refractivity contribution in [1.82, 2.24) is 0 Å². The SMILES string of the molecule is O=CCCCC=COCOCc1ccccc1. The lowest BCUT2D eigenvalue weighted by Gasteiger charge is -2.03. The molecule has 0 fully saturated rings. The second-order valence-corrected chi connectivity index (χ2v) is 3.59. The van der Waals surface area contributed by atoms with Gasteiger partial charge < -0.3 is 14.3 Å². The first-order chi connectivity index (χ1) is 8.43. The fourth-order valence-electron chi connectivity index (χ4n) is 1.28. The normalized spacial score (nSPS) is 10.6. The highest BCUT2D eigenvalue weighted by atomic mass is 16.7. The molecule has 0 aliphatic rings. The van der Waals surface area contributed by atoms with Crippen LogP contribution in [0.25, 0.3) is 0 Å². The molecule has 1 aromatic rings. The van der Waals surface area contributed by atoms with E-state index in [1.54, 1.807) is 6.26 Å². The minimum absolute atomic E-state index is 0.249. The number of carbonyl (C=O) groups excluding carboxylic acids is 1. The van der Waals surface area contributed by atoms with E-state index in [1.807, 2.05) is 36.4 Å². The Kier molecular flexibility index (Phi) is 7.60. The Balaban J connectivity index is 1.96. The molecular weight excluding hydrogens is 216 g/mol. The Morgan fingerprint density at radius 2 is 1.94 bits per heavy atom. The van der Waals surface area contributed by atoms with E-state index in [0.29, 0.717) is 13.0 Å². The Labute approximate surface area is 102 Å². The summed E-state index contributed by atoms with van der Waals surface area (Å²) in [5.74, 6) is 0. The van der Waals surface area contributed by atoms with Crippen LogP contribution in [0.4, 0.5) is 0 Å². The van der Waals surface area contributed by atoms with Crippen LogP contribution in [0.15, 0.2) is 42.7 Å². The quantitative estimate of drug-likeness (QED) is 0.285. The molecule has 92 valence electrons. The van der Waals surface area contributed by atoms with E-state index in [9.17, 15) is 4.79 Å². The average molecular weight is 234 g/mol. The van der Waals surface area contributed by atoms with Gasteiger partial charge in [0.1, 0.15) is 6.29 Å². The second-order valence-electron chi connectivity index (χ2n) is 3.59. The zero-order chi connectivity index (χ0) is 12.2. The fraction of sp³-hybridized carbons (Fsp3) is 0.357. The standard InChI is InChI=1S/C14H18O3/c15-10-6-1-2-7-11-16-13-17-12-14-8-4-3-5-9-14/h3-5,7-11H,1-2,6,12-13H2. The van der Waals surface area contributed by atoms with Gasteiger partial charge in [-0.1, -0.05) is 30.3 Å². The molecule has 0 saturated carbocycles. The molecule has 0 bridgehead atoms. The third-order valence-electron chi connectivity index (χ3n) is 2.15. The van der Waals surface area contributed by atoms with Crippen molar-refractivity contribution >= 4 is 6.29 Å². The first-order valence-electron chi connectivity index (χ1n) is 5.75. The van der Waals surface area contributed by atoms with Crippen LogP contribution in [-0.4, -0.2) is 13.1 Å². The number of aldehydes is 1. The van der Waals surface area contributed by atoms with Gasteiger partial charge in [-0.15, -0.1) is 0 Å². The number of benzene rings is 1. The van der Waals surface area contributed by atoms with Gasteiger partial charge in [0, 0.05) is 6.42 Å². The van der Waals surface area contributed by atoms with Crippen LogP contribution in [-0.2, 0) is 20.9 Å². The predicted octanol–water partition coefficient (Wildman–Crippen LogP) is 3.06. The summed E-state index contributed by atoms with van der Waals surface area (Å²) in [6.07, 6.45) is 6.78. The summed E-state index contributed by atoms with van der Waals surface area (Å²) in [6.45, 7) is 0.804. The summed E-state index contributed by atoms with van der Waals surface area (Å²) in [5.41, 5.74) is 1.13. The van der Waals surface area contributed by atoms with E-state index in [0.717, 1.165) is 24.7 Å². The van der Waals surface area contributed by atoms with Gasteiger partial charge in [0.15, 0.2) is 6.79 Å². The van der Waals surface area contributed by atoms with Crippen molar-refractivity contribution in [1.29, 1.82) is 0 Å². The number of rotatable bonds is 9. The third-order valence-corrected chi connectivity index (χ3v) is 2.15. The molecule has 0 aliphatic carbocycles. The molecule has 0 unspecified atom stereocenters. The predicted molar refractivity (Wildman–Crippen MR) is 66.2 cm³/mol. The molecule has 0 radical (unpaired) electrons. The van der Waals surface area contributed by atoms with E-state index in [2.05, 4.69) is 0 Å². The van der Waals surface area contributed by atoms with Gasteiger partial charge in [0.05, 0.1) is 12.9 Å². The summed E-state index contributed by atoms with van der Waals surface area (Å²) in [4.78, 5) is 10.0. The molecule has 1 aromatic carbocycles. The molecule has 0 N–H and O–H groups in total. The number of unbranched alkanes of at least 4 members (excludes halogenated alkanes) is 2. The van der Waals surface area contributed by atoms with Crippen LogP contribution in [0, 0.1) is 0 Å². The Morgan fingerprint density at radius 1 is 1.12 bits per heavy atom. The first kappa shape index (κ1) is 13.5. The lowest BCUT2D eigenvalue weighted by Crippen LogP contribution is -1.96. The van der Waals surface area contributed by atoms with Crippen LogP contribution in [0.2, 0.25) is 0 Å². The molecule has 0 aromatic heterocycles. The summed E-state index contributed by atoms with van der Waals surface area (Å²) in [6, 6.07) is 9.95. The van der Waals surface area contributed by atoms with E-state index in [1.165, 1.54) is 0 Å². The van der Waals surface area contributed by atoms with Crippen molar-refractivity contribution in [3.8, 4) is 0 Å². The summed E-state index contributed by atoms with van der Waals surface area (Å²) >= 11 is 0. The Hall–Kier alpha value is -1.61. The highest BCUT2D eigenvalue weighted by molar-refractivity contribution is 5.48. The lowest BCUT2D eigenvalue weighted by atomic mass is 10.2. The van der Waals surface area contributed by atoms with Crippen molar-refractivity contribution in [3.63, 3.8) is 0 Å². The molecular formula is C14H18O3. The first-order valence-corrected chi connectivity index (χ1v) is 5.75. The maximum absolute atomic E-state index is 10.0. The molecule has 3 heteroatoms. The Bertz CT molecular complexity index is 319. The minimum Gasteiger partial charge on any atom is -0.475 e. The van der Waals surface area contributed by atoms with Crippen molar-refractivity contribution < 1.29 is 14.3 Å². The smallest absolute Gasteiger partial charge is 0.188 e. The van der Waals surface area contributed by atoms with Gasteiger partial charge in [-0.25, -0.2) is 0 Å².